The molecule has 0 spiro atoms. The Hall–Kier alpha value is -2.29. The first kappa shape index (κ1) is 11.8. The fourth-order valence-electron chi connectivity index (χ4n) is 2.40. The maximum absolute atomic E-state index is 12.4. The van der Waals surface area contributed by atoms with Crippen molar-refractivity contribution in [3.63, 3.8) is 0 Å². The predicted molar refractivity (Wildman–Crippen MR) is 78.2 cm³/mol. The first-order valence-corrected chi connectivity index (χ1v) is 6.42. The van der Waals surface area contributed by atoms with Crippen LogP contribution in [0.4, 0.5) is 0 Å². The van der Waals surface area contributed by atoms with Gasteiger partial charge in [0.15, 0.2) is 5.78 Å². The molecule has 0 bridgehead atoms. The largest absolute Gasteiger partial charge is 0.389 e. The summed E-state index contributed by atoms with van der Waals surface area (Å²) < 4.78 is 0. The highest BCUT2D eigenvalue weighted by atomic mass is 16.1. The molecule has 0 saturated heterocycles. The molecule has 1 aromatic carbocycles. The van der Waals surface area contributed by atoms with E-state index in [2.05, 4.69) is 10.8 Å². The third kappa shape index (κ3) is 2.45. The van der Waals surface area contributed by atoms with Crippen LogP contribution < -0.4 is 0 Å². The molecule has 2 heterocycles. The first-order valence-electron chi connectivity index (χ1n) is 6.42. The SMILES string of the molecule is O=C(Cc1ccccc1)C1=CC=CN2C=CC=CB12. The molecule has 0 aromatic heterocycles. The van der Waals surface area contributed by atoms with Crippen molar-refractivity contribution in [1.82, 2.24) is 4.81 Å². The van der Waals surface area contributed by atoms with Crippen LogP contribution in [0.5, 0.6) is 0 Å². The third-order valence-electron chi connectivity index (χ3n) is 3.37. The Morgan fingerprint density at radius 3 is 2.68 bits per heavy atom. The molecule has 2 aliphatic rings. The molecule has 1 aromatic rings. The molecule has 0 aliphatic carbocycles. The summed E-state index contributed by atoms with van der Waals surface area (Å²) in [5.74, 6) is 2.24. The van der Waals surface area contributed by atoms with Crippen molar-refractivity contribution in [2.75, 3.05) is 0 Å². The van der Waals surface area contributed by atoms with Crippen molar-refractivity contribution >= 4 is 12.6 Å². The lowest BCUT2D eigenvalue weighted by molar-refractivity contribution is -0.114. The van der Waals surface area contributed by atoms with E-state index in [1.807, 2.05) is 67.0 Å². The number of Topliss-reactive ketones (excluding diaryl/α,β-unsaturated/α-hetero) is 1. The molecule has 0 radical (unpaired) electrons. The summed E-state index contributed by atoms with van der Waals surface area (Å²) in [5, 5.41) is 0. The summed E-state index contributed by atoms with van der Waals surface area (Å²) in [6, 6.07) is 9.88. The molecule has 3 heteroatoms. The smallest absolute Gasteiger partial charge is 0.323 e. The number of benzene rings is 1. The number of hydrogen-bond acceptors (Lipinski definition) is 2. The Balaban J connectivity index is 1.80. The number of hydrogen-bond donors (Lipinski definition) is 0. The van der Waals surface area contributed by atoms with Crippen LogP contribution in [0, 0.1) is 0 Å². The van der Waals surface area contributed by atoms with Gasteiger partial charge in [-0.25, -0.2) is 0 Å². The van der Waals surface area contributed by atoms with Crippen molar-refractivity contribution in [1.29, 1.82) is 0 Å². The van der Waals surface area contributed by atoms with Gasteiger partial charge in [0.1, 0.15) is 0 Å². The van der Waals surface area contributed by atoms with Gasteiger partial charge in [-0.05, 0) is 35.6 Å². The van der Waals surface area contributed by atoms with E-state index in [0.717, 1.165) is 11.0 Å². The maximum Gasteiger partial charge on any atom is 0.323 e. The molecule has 0 N–H and O–H groups in total. The van der Waals surface area contributed by atoms with Gasteiger partial charge in [-0.3, -0.25) is 4.79 Å². The van der Waals surface area contributed by atoms with Gasteiger partial charge in [0.2, 0.25) is 0 Å². The Labute approximate surface area is 113 Å². The molecule has 0 atom stereocenters. The van der Waals surface area contributed by atoms with E-state index in [-0.39, 0.29) is 12.6 Å². The van der Waals surface area contributed by atoms with E-state index < -0.39 is 0 Å². The minimum atomic E-state index is 0.0474. The van der Waals surface area contributed by atoms with Crippen LogP contribution in [0.25, 0.3) is 0 Å². The van der Waals surface area contributed by atoms with E-state index in [9.17, 15) is 4.79 Å². The van der Waals surface area contributed by atoms with Gasteiger partial charge in [0, 0.05) is 6.42 Å². The average molecular weight is 247 g/mol. The maximum atomic E-state index is 12.4. The summed E-state index contributed by atoms with van der Waals surface area (Å²) in [4.78, 5) is 14.5. The summed E-state index contributed by atoms with van der Waals surface area (Å²) in [6.45, 7) is 0.0474. The van der Waals surface area contributed by atoms with Crippen LogP contribution in [0.1, 0.15) is 5.56 Å². The average Bonchev–Trinajstić information content (AvgIpc) is 2.47. The highest BCUT2D eigenvalue weighted by Crippen LogP contribution is 2.19. The van der Waals surface area contributed by atoms with E-state index in [4.69, 9.17) is 0 Å². The zero-order valence-electron chi connectivity index (χ0n) is 10.6. The lowest BCUT2D eigenvalue weighted by Gasteiger charge is -2.28. The molecule has 0 amide bonds. The van der Waals surface area contributed by atoms with Crippen molar-refractivity contribution in [2.45, 2.75) is 6.42 Å². The number of fused-ring (bicyclic) bond motifs is 1. The van der Waals surface area contributed by atoms with Crippen molar-refractivity contribution in [3.05, 3.63) is 84.0 Å². The predicted octanol–water partition coefficient (Wildman–Crippen LogP) is 2.71. The van der Waals surface area contributed by atoms with E-state index in [0.29, 0.717) is 6.42 Å². The van der Waals surface area contributed by atoms with Gasteiger partial charge < -0.3 is 4.81 Å². The summed E-state index contributed by atoms with van der Waals surface area (Å²) >= 11 is 0. The fourth-order valence-corrected chi connectivity index (χ4v) is 2.40. The molecular weight excluding hydrogens is 233 g/mol. The minimum Gasteiger partial charge on any atom is -0.389 e. The van der Waals surface area contributed by atoms with E-state index >= 15 is 0 Å². The summed E-state index contributed by atoms with van der Waals surface area (Å²) in [6.07, 6.45) is 12.3. The number of nitrogens with zero attached hydrogens (tertiary/aromatic N) is 1. The zero-order chi connectivity index (χ0) is 13.1. The van der Waals surface area contributed by atoms with Gasteiger partial charge in [-0.2, -0.15) is 0 Å². The number of carbonyl (C=O) groups is 1. The number of carbonyl (C=O) groups excluding carboxylic acids is 1. The van der Waals surface area contributed by atoms with Gasteiger partial charge in [0.25, 0.3) is 0 Å². The first-order chi connectivity index (χ1) is 9.34. The molecule has 19 heavy (non-hydrogen) atoms. The van der Waals surface area contributed by atoms with Crippen LogP contribution in [-0.4, -0.2) is 17.4 Å². The summed E-state index contributed by atoms with van der Waals surface area (Å²) in [5.41, 5.74) is 1.91. The quantitative estimate of drug-likeness (QED) is 0.765. The fraction of sp³-hybridized carbons (Fsp3) is 0.0625. The second-order valence-corrected chi connectivity index (χ2v) is 4.67. The molecular formula is C16H14BNO. The Morgan fingerprint density at radius 2 is 1.84 bits per heavy atom. The van der Waals surface area contributed by atoms with Gasteiger partial charge in [-0.1, -0.05) is 48.5 Å². The molecule has 0 unspecified atom stereocenters. The second kappa shape index (κ2) is 5.15. The van der Waals surface area contributed by atoms with E-state index in [1.165, 1.54) is 0 Å². The minimum absolute atomic E-state index is 0.0474. The van der Waals surface area contributed by atoms with Gasteiger partial charge in [-0.15, -0.1) is 0 Å². The van der Waals surface area contributed by atoms with Crippen LogP contribution in [-0.2, 0) is 11.2 Å². The lowest BCUT2D eigenvalue weighted by Crippen LogP contribution is -2.38. The topological polar surface area (TPSA) is 20.3 Å². The van der Waals surface area contributed by atoms with Crippen molar-refractivity contribution in [2.24, 2.45) is 0 Å². The number of ketones is 1. The normalized spacial score (nSPS) is 16.3. The zero-order valence-corrected chi connectivity index (χ0v) is 10.6. The molecule has 3 rings (SSSR count). The van der Waals surface area contributed by atoms with Gasteiger partial charge in [0.05, 0.1) is 0 Å². The molecule has 2 aliphatic heterocycles. The van der Waals surface area contributed by atoms with Crippen LogP contribution in [0.3, 0.4) is 0 Å². The van der Waals surface area contributed by atoms with E-state index in [1.54, 1.807) is 0 Å². The highest BCUT2D eigenvalue weighted by Gasteiger charge is 2.29. The van der Waals surface area contributed by atoms with Crippen molar-refractivity contribution in [3.8, 4) is 0 Å². The molecule has 2 nitrogen and oxygen atoms in total. The Kier molecular flexibility index (Phi) is 3.19. The molecule has 92 valence electrons. The van der Waals surface area contributed by atoms with Crippen LogP contribution in [0.2, 0.25) is 0 Å². The number of allylic oxidation sites excluding steroid dienone is 5. The van der Waals surface area contributed by atoms with Crippen LogP contribution in [0.15, 0.2) is 78.5 Å². The third-order valence-corrected chi connectivity index (χ3v) is 3.37. The van der Waals surface area contributed by atoms with Crippen molar-refractivity contribution < 1.29 is 4.79 Å². The molecule has 0 fully saturated rings. The number of rotatable bonds is 3. The standard InChI is InChI=1S/C16H14BNO/c19-16(13-14-7-2-1-3-8-14)15-9-6-12-18-11-5-4-10-17(15)18/h1-12H,13H2. The summed E-state index contributed by atoms with van der Waals surface area (Å²) in [7, 11) is 0. The Morgan fingerprint density at radius 1 is 1.05 bits per heavy atom. The highest BCUT2D eigenvalue weighted by molar-refractivity contribution is 6.75. The monoisotopic (exact) mass is 247 g/mol. The second-order valence-electron chi connectivity index (χ2n) is 4.67. The molecule has 0 saturated carbocycles. The Bertz CT molecular complexity index is 598. The van der Waals surface area contributed by atoms with Gasteiger partial charge >= 0.3 is 6.85 Å². The van der Waals surface area contributed by atoms with Crippen LogP contribution >= 0.6 is 0 Å². The lowest BCUT2D eigenvalue weighted by atomic mass is 9.50.